The van der Waals surface area contributed by atoms with Crippen LogP contribution in [0.25, 0.3) is 0 Å². The molecule has 1 aromatic rings. The minimum Gasteiger partial charge on any atom is -0.484 e. The minimum absolute atomic E-state index is 0. The van der Waals surface area contributed by atoms with E-state index >= 15 is 0 Å². The summed E-state index contributed by atoms with van der Waals surface area (Å²) in [5.74, 6) is 0.921. The van der Waals surface area contributed by atoms with E-state index in [1.54, 1.807) is 18.2 Å². The number of aliphatic imine (C=N–C) groups is 1. The number of ether oxygens (including phenoxy) is 1. The molecule has 10 heteroatoms. The van der Waals surface area contributed by atoms with Gasteiger partial charge in [0.05, 0.1) is 6.54 Å². The molecule has 0 heterocycles. The lowest BCUT2D eigenvalue weighted by Gasteiger charge is -2.14. The first kappa shape index (κ1) is 24.3. The van der Waals surface area contributed by atoms with Crippen LogP contribution in [0.2, 0.25) is 0 Å². The molecule has 6 nitrogen and oxygen atoms in total. The quantitative estimate of drug-likeness (QED) is 0.205. The van der Waals surface area contributed by atoms with E-state index in [4.69, 9.17) is 4.74 Å². The molecule has 1 amide bonds. The summed E-state index contributed by atoms with van der Waals surface area (Å²) in [4.78, 5) is 16.0. The molecule has 1 aliphatic carbocycles. The van der Waals surface area contributed by atoms with Gasteiger partial charge < -0.3 is 20.7 Å². The zero-order valence-electron chi connectivity index (χ0n) is 15.6. The van der Waals surface area contributed by atoms with Crippen molar-refractivity contribution < 1.29 is 22.7 Å². The van der Waals surface area contributed by atoms with Crippen LogP contribution in [0.3, 0.4) is 0 Å². The van der Waals surface area contributed by atoms with Gasteiger partial charge in [-0.2, -0.15) is 13.2 Å². The van der Waals surface area contributed by atoms with Crippen molar-refractivity contribution in [2.45, 2.75) is 32.5 Å². The van der Waals surface area contributed by atoms with E-state index in [0.717, 1.165) is 12.8 Å². The number of nitrogens with one attached hydrogen (secondary N) is 3. The summed E-state index contributed by atoms with van der Waals surface area (Å²) in [6.45, 7) is 2.34. The van der Waals surface area contributed by atoms with Crippen molar-refractivity contribution in [1.82, 2.24) is 16.0 Å². The van der Waals surface area contributed by atoms with Crippen LogP contribution in [-0.4, -0.2) is 44.3 Å². The number of hydrogen-bond donors (Lipinski definition) is 3. The number of benzene rings is 1. The molecule has 28 heavy (non-hydrogen) atoms. The molecule has 158 valence electrons. The average Bonchev–Trinajstić information content (AvgIpc) is 3.46. The Kier molecular flexibility index (Phi) is 10.4. The third kappa shape index (κ3) is 9.47. The van der Waals surface area contributed by atoms with E-state index in [1.807, 2.05) is 6.92 Å². The zero-order chi connectivity index (χ0) is 19.7. The van der Waals surface area contributed by atoms with Crippen LogP contribution in [0.5, 0.6) is 5.75 Å². The normalized spacial score (nSPS) is 14.1. The SMILES string of the molecule is CCNC(=NCc1ccccc1OCC(F)(F)F)NCCNC(=O)C1CC1.I. The Hall–Kier alpha value is -1.72. The van der Waals surface area contributed by atoms with Gasteiger partial charge in [0, 0.05) is 31.1 Å². The number of amides is 1. The number of guanidine groups is 1. The van der Waals surface area contributed by atoms with Gasteiger partial charge >= 0.3 is 6.18 Å². The monoisotopic (exact) mass is 514 g/mol. The van der Waals surface area contributed by atoms with Crippen LogP contribution >= 0.6 is 24.0 Å². The molecule has 0 unspecified atom stereocenters. The summed E-state index contributed by atoms with van der Waals surface area (Å²) in [7, 11) is 0. The second kappa shape index (κ2) is 12.0. The Labute approximate surface area is 179 Å². The van der Waals surface area contributed by atoms with Crippen molar-refractivity contribution in [1.29, 1.82) is 0 Å². The van der Waals surface area contributed by atoms with Gasteiger partial charge in [0.15, 0.2) is 12.6 Å². The summed E-state index contributed by atoms with van der Waals surface area (Å²) in [5, 5.41) is 8.99. The number of hydrogen-bond acceptors (Lipinski definition) is 3. The highest BCUT2D eigenvalue weighted by Gasteiger charge is 2.29. The van der Waals surface area contributed by atoms with Gasteiger partial charge in [-0.05, 0) is 25.8 Å². The lowest BCUT2D eigenvalue weighted by molar-refractivity contribution is -0.153. The van der Waals surface area contributed by atoms with Crippen LogP contribution in [0, 0.1) is 5.92 Å². The fourth-order valence-corrected chi connectivity index (χ4v) is 2.30. The number of halogens is 4. The van der Waals surface area contributed by atoms with Gasteiger partial charge in [-0.3, -0.25) is 4.79 Å². The summed E-state index contributed by atoms with van der Waals surface area (Å²) >= 11 is 0. The highest BCUT2D eigenvalue weighted by molar-refractivity contribution is 14.0. The molecule has 0 saturated heterocycles. The van der Waals surface area contributed by atoms with Gasteiger partial charge in [0.1, 0.15) is 5.75 Å². The Bertz CT molecular complexity index is 652. The molecule has 2 rings (SSSR count). The summed E-state index contributed by atoms with van der Waals surface area (Å²) in [5.41, 5.74) is 0.556. The lowest BCUT2D eigenvalue weighted by Crippen LogP contribution is -2.41. The zero-order valence-corrected chi connectivity index (χ0v) is 18.0. The third-order valence-electron chi connectivity index (χ3n) is 3.78. The first-order valence-electron chi connectivity index (χ1n) is 8.96. The Morgan fingerprint density at radius 3 is 2.50 bits per heavy atom. The van der Waals surface area contributed by atoms with Gasteiger partial charge in [0.2, 0.25) is 5.91 Å². The number of carbonyl (C=O) groups excluding carboxylic acids is 1. The molecule has 0 aromatic heterocycles. The molecule has 1 saturated carbocycles. The van der Waals surface area contributed by atoms with Crippen LogP contribution < -0.4 is 20.7 Å². The van der Waals surface area contributed by atoms with Crippen LogP contribution in [0.1, 0.15) is 25.3 Å². The molecule has 0 bridgehead atoms. The predicted molar refractivity (Wildman–Crippen MR) is 112 cm³/mol. The number of nitrogens with zero attached hydrogens (tertiary/aromatic N) is 1. The molecule has 1 fully saturated rings. The second-order valence-corrected chi connectivity index (χ2v) is 6.20. The van der Waals surface area contributed by atoms with Crippen LogP contribution in [-0.2, 0) is 11.3 Å². The molecule has 0 radical (unpaired) electrons. The summed E-state index contributed by atoms with van der Waals surface area (Å²) < 4.78 is 42.0. The van der Waals surface area contributed by atoms with Gasteiger partial charge in [0.25, 0.3) is 0 Å². The number of carbonyl (C=O) groups is 1. The van der Waals surface area contributed by atoms with E-state index in [0.29, 0.717) is 31.2 Å². The summed E-state index contributed by atoms with van der Waals surface area (Å²) in [6.07, 6.45) is -2.48. The molecule has 0 spiro atoms. The second-order valence-electron chi connectivity index (χ2n) is 6.20. The number of rotatable bonds is 9. The van der Waals surface area contributed by atoms with Crippen molar-refractivity contribution in [3.63, 3.8) is 0 Å². The number of alkyl halides is 3. The van der Waals surface area contributed by atoms with Crippen molar-refractivity contribution in [2.24, 2.45) is 10.9 Å². The molecule has 3 N–H and O–H groups in total. The maximum absolute atomic E-state index is 12.4. The highest BCUT2D eigenvalue weighted by Crippen LogP contribution is 2.28. The van der Waals surface area contributed by atoms with E-state index in [2.05, 4.69) is 20.9 Å². The van der Waals surface area contributed by atoms with Crippen molar-refractivity contribution >= 4 is 35.8 Å². The predicted octanol–water partition coefficient (Wildman–Crippen LogP) is 2.83. The van der Waals surface area contributed by atoms with E-state index < -0.39 is 12.8 Å². The van der Waals surface area contributed by atoms with Gasteiger partial charge in [-0.25, -0.2) is 4.99 Å². The third-order valence-corrected chi connectivity index (χ3v) is 3.78. The average molecular weight is 514 g/mol. The molecular formula is C18H26F3IN4O2. The fraction of sp³-hybridized carbons (Fsp3) is 0.556. The molecular weight excluding hydrogens is 488 g/mol. The van der Waals surface area contributed by atoms with Gasteiger partial charge in [-0.15, -0.1) is 24.0 Å². The number of para-hydroxylation sites is 1. The first-order valence-corrected chi connectivity index (χ1v) is 8.96. The Morgan fingerprint density at radius 1 is 1.18 bits per heavy atom. The first-order chi connectivity index (χ1) is 12.9. The molecule has 1 aliphatic rings. The summed E-state index contributed by atoms with van der Waals surface area (Å²) in [6, 6.07) is 6.50. The van der Waals surface area contributed by atoms with E-state index in [-0.39, 0.29) is 48.1 Å². The largest absolute Gasteiger partial charge is 0.484 e. The maximum Gasteiger partial charge on any atom is 0.422 e. The molecule has 1 aromatic carbocycles. The maximum atomic E-state index is 12.4. The van der Waals surface area contributed by atoms with Crippen molar-refractivity contribution in [2.75, 3.05) is 26.2 Å². The topological polar surface area (TPSA) is 74.8 Å². The smallest absolute Gasteiger partial charge is 0.422 e. The fourth-order valence-electron chi connectivity index (χ4n) is 2.30. The Balaban J connectivity index is 0.00000392. The van der Waals surface area contributed by atoms with Gasteiger partial charge in [-0.1, -0.05) is 18.2 Å². The van der Waals surface area contributed by atoms with Crippen LogP contribution in [0.4, 0.5) is 13.2 Å². The van der Waals surface area contributed by atoms with E-state index in [1.165, 1.54) is 6.07 Å². The standard InChI is InChI=1S/C18H25F3N4O2.HI/c1-2-22-17(24-10-9-23-16(26)13-7-8-13)25-11-14-5-3-4-6-15(14)27-12-18(19,20)21;/h3-6,13H,2,7-12H2,1H3,(H,23,26)(H2,22,24,25);1H. The highest BCUT2D eigenvalue weighted by atomic mass is 127. The molecule has 0 atom stereocenters. The minimum atomic E-state index is -4.39. The Morgan fingerprint density at radius 2 is 1.86 bits per heavy atom. The lowest BCUT2D eigenvalue weighted by atomic mass is 10.2. The van der Waals surface area contributed by atoms with Crippen molar-refractivity contribution in [3.05, 3.63) is 29.8 Å². The van der Waals surface area contributed by atoms with E-state index in [9.17, 15) is 18.0 Å². The van der Waals surface area contributed by atoms with Crippen molar-refractivity contribution in [3.8, 4) is 5.75 Å². The molecule has 0 aliphatic heterocycles. The van der Waals surface area contributed by atoms with Crippen LogP contribution in [0.15, 0.2) is 29.3 Å².